The van der Waals surface area contributed by atoms with Gasteiger partial charge in [-0.1, -0.05) is 0 Å². The monoisotopic (exact) mass is 245 g/mol. The van der Waals surface area contributed by atoms with Crippen molar-refractivity contribution in [3.63, 3.8) is 0 Å². The molecule has 0 aliphatic carbocycles. The number of unbranched alkanes of at least 4 members (excludes halogenated alkanes) is 1. The van der Waals surface area contributed by atoms with E-state index in [1.807, 2.05) is 0 Å². The van der Waals surface area contributed by atoms with E-state index >= 15 is 0 Å². The Bertz CT molecular complexity index is 572. The number of benzene rings is 1. The van der Waals surface area contributed by atoms with Gasteiger partial charge in [-0.05, 0) is 31.0 Å². The molecule has 3 nitrogen and oxygen atoms in total. The van der Waals surface area contributed by atoms with Crippen molar-refractivity contribution in [1.82, 2.24) is 0 Å². The molecule has 1 aliphatic heterocycles. The molecule has 0 bridgehead atoms. The Morgan fingerprint density at radius 1 is 1.39 bits per heavy atom. The second kappa shape index (κ2) is 4.61. The Morgan fingerprint density at radius 2 is 2.11 bits per heavy atom. The number of nitrogens with zero attached hydrogens (tertiary/aromatic N) is 1. The SMILES string of the molecule is C#CCCCN1C(=O)C(=O)c2cc(C)cc(F)c21. The van der Waals surface area contributed by atoms with Crippen LogP contribution in [0.15, 0.2) is 12.1 Å². The molecule has 1 amide bonds. The highest BCUT2D eigenvalue weighted by atomic mass is 19.1. The number of Topliss-reactive ketones (excluding diaryl/α,β-unsaturated/α-hetero) is 1. The Hall–Kier alpha value is -2.15. The first-order valence-electron chi connectivity index (χ1n) is 5.66. The summed E-state index contributed by atoms with van der Waals surface area (Å²) in [6, 6.07) is 2.86. The van der Waals surface area contributed by atoms with Gasteiger partial charge < -0.3 is 4.90 Å². The summed E-state index contributed by atoms with van der Waals surface area (Å²) in [5.41, 5.74) is 0.865. The number of ketones is 1. The maximum Gasteiger partial charge on any atom is 0.299 e. The highest BCUT2D eigenvalue weighted by Gasteiger charge is 2.37. The molecule has 92 valence electrons. The Kier molecular flexibility index (Phi) is 3.15. The fourth-order valence-electron chi connectivity index (χ4n) is 2.07. The molecule has 0 saturated heterocycles. The minimum atomic E-state index is -0.675. The maximum atomic E-state index is 13.9. The number of anilines is 1. The summed E-state index contributed by atoms with van der Waals surface area (Å²) in [4.78, 5) is 24.7. The van der Waals surface area contributed by atoms with Gasteiger partial charge in [0.1, 0.15) is 5.82 Å². The van der Waals surface area contributed by atoms with E-state index in [1.165, 1.54) is 11.0 Å². The van der Waals surface area contributed by atoms with E-state index in [9.17, 15) is 14.0 Å². The van der Waals surface area contributed by atoms with Crippen molar-refractivity contribution in [1.29, 1.82) is 0 Å². The highest BCUT2D eigenvalue weighted by Crippen LogP contribution is 2.32. The van der Waals surface area contributed by atoms with Crippen molar-refractivity contribution < 1.29 is 14.0 Å². The number of hydrogen-bond donors (Lipinski definition) is 0. The van der Waals surface area contributed by atoms with Gasteiger partial charge in [-0.3, -0.25) is 9.59 Å². The van der Waals surface area contributed by atoms with E-state index in [1.54, 1.807) is 13.0 Å². The number of fused-ring (bicyclic) bond motifs is 1. The number of aryl methyl sites for hydroxylation is 1. The third-order valence-corrected chi connectivity index (χ3v) is 2.86. The molecule has 1 aromatic rings. The second-order valence-electron chi connectivity index (χ2n) is 4.24. The number of terminal acetylenes is 1. The molecular formula is C14H12FNO2. The normalized spacial score (nSPS) is 13.7. The minimum absolute atomic E-state index is 0.0904. The van der Waals surface area contributed by atoms with E-state index in [4.69, 9.17) is 6.42 Å². The van der Waals surface area contributed by atoms with Gasteiger partial charge in [0.05, 0.1) is 11.3 Å². The van der Waals surface area contributed by atoms with Gasteiger partial charge in [-0.15, -0.1) is 12.3 Å². The van der Waals surface area contributed by atoms with Crippen LogP contribution in [-0.2, 0) is 4.79 Å². The van der Waals surface area contributed by atoms with Gasteiger partial charge in [0.25, 0.3) is 11.7 Å². The number of carbonyl (C=O) groups excluding carboxylic acids is 2. The molecule has 0 saturated carbocycles. The molecule has 4 heteroatoms. The molecule has 0 spiro atoms. The topological polar surface area (TPSA) is 37.4 Å². The van der Waals surface area contributed by atoms with Crippen LogP contribution in [0.4, 0.5) is 10.1 Å². The van der Waals surface area contributed by atoms with E-state index in [2.05, 4.69) is 5.92 Å². The van der Waals surface area contributed by atoms with Crippen LogP contribution in [0.25, 0.3) is 0 Å². The Morgan fingerprint density at radius 3 is 2.78 bits per heavy atom. The molecular weight excluding hydrogens is 233 g/mol. The Balaban J connectivity index is 2.39. The van der Waals surface area contributed by atoms with Crippen molar-refractivity contribution in [2.24, 2.45) is 0 Å². The van der Waals surface area contributed by atoms with Gasteiger partial charge in [0.15, 0.2) is 0 Å². The van der Waals surface area contributed by atoms with Crippen LogP contribution in [0.3, 0.4) is 0 Å². The lowest BCUT2D eigenvalue weighted by atomic mass is 10.1. The lowest BCUT2D eigenvalue weighted by molar-refractivity contribution is -0.114. The lowest BCUT2D eigenvalue weighted by Gasteiger charge is -2.16. The molecule has 0 aromatic heterocycles. The van der Waals surface area contributed by atoms with Gasteiger partial charge in [-0.2, -0.15) is 0 Å². The molecule has 0 fully saturated rings. The van der Waals surface area contributed by atoms with Crippen molar-refractivity contribution in [2.75, 3.05) is 11.4 Å². The first kappa shape index (κ1) is 12.3. The molecule has 0 atom stereocenters. The van der Waals surface area contributed by atoms with Crippen LogP contribution < -0.4 is 4.90 Å². The molecule has 18 heavy (non-hydrogen) atoms. The van der Waals surface area contributed by atoms with Gasteiger partial charge in [-0.25, -0.2) is 4.39 Å². The number of hydrogen-bond acceptors (Lipinski definition) is 2. The quantitative estimate of drug-likeness (QED) is 0.464. The molecule has 0 unspecified atom stereocenters. The van der Waals surface area contributed by atoms with Crippen molar-refractivity contribution in [2.45, 2.75) is 19.8 Å². The van der Waals surface area contributed by atoms with Crippen molar-refractivity contribution in [3.05, 3.63) is 29.1 Å². The van der Waals surface area contributed by atoms with Crippen molar-refractivity contribution in [3.8, 4) is 12.3 Å². The molecule has 1 aromatic carbocycles. The molecule has 2 rings (SSSR count). The van der Waals surface area contributed by atoms with Gasteiger partial charge >= 0.3 is 0 Å². The largest absolute Gasteiger partial charge is 0.302 e. The minimum Gasteiger partial charge on any atom is -0.302 e. The number of halogens is 1. The summed E-state index contributed by atoms with van der Waals surface area (Å²) < 4.78 is 13.9. The van der Waals surface area contributed by atoms with E-state index in [-0.39, 0.29) is 17.8 Å². The maximum absolute atomic E-state index is 13.9. The fourth-order valence-corrected chi connectivity index (χ4v) is 2.07. The summed E-state index contributed by atoms with van der Waals surface area (Å²) in [6.07, 6.45) is 6.16. The standard InChI is InChI=1S/C14H12FNO2/c1-3-4-5-6-16-12-10(13(17)14(16)18)7-9(2)8-11(12)15/h1,7-8H,4-6H2,2H3. The fraction of sp³-hybridized carbons (Fsp3) is 0.286. The zero-order valence-electron chi connectivity index (χ0n) is 10.00. The van der Waals surface area contributed by atoms with Crippen LogP contribution in [0.5, 0.6) is 0 Å². The van der Waals surface area contributed by atoms with Crippen molar-refractivity contribution >= 4 is 17.4 Å². The van der Waals surface area contributed by atoms with E-state index < -0.39 is 17.5 Å². The summed E-state index contributed by atoms with van der Waals surface area (Å²) >= 11 is 0. The first-order chi connectivity index (χ1) is 8.56. The van der Waals surface area contributed by atoms with Gasteiger partial charge in [0, 0.05) is 13.0 Å². The highest BCUT2D eigenvalue weighted by molar-refractivity contribution is 6.52. The molecule has 0 N–H and O–H groups in total. The lowest BCUT2D eigenvalue weighted by Crippen LogP contribution is -2.31. The van der Waals surface area contributed by atoms with E-state index in [0.29, 0.717) is 18.4 Å². The summed E-state index contributed by atoms with van der Waals surface area (Å²) in [6.45, 7) is 1.95. The predicted molar refractivity (Wildman–Crippen MR) is 65.9 cm³/mol. The average molecular weight is 245 g/mol. The smallest absolute Gasteiger partial charge is 0.299 e. The van der Waals surface area contributed by atoms with Crippen LogP contribution >= 0.6 is 0 Å². The summed E-state index contributed by atoms with van der Waals surface area (Å²) in [5.74, 6) is 0.592. The second-order valence-corrected chi connectivity index (χ2v) is 4.24. The van der Waals surface area contributed by atoms with E-state index in [0.717, 1.165) is 0 Å². The Labute approximate surface area is 105 Å². The number of amides is 1. The molecule has 0 radical (unpaired) electrons. The summed E-state index contributed by atoms with van der Waals surface area (Å²) in [7, 11) is 0. The first-order valence-corrected chi connectivity index (χ1v) is 5.66. The molecule has 1 aliphatic rings. The van der Waals surface area contributed by atoms with Crippen LogP contribution in [0.1, 0.15) is 28.8 Å². The third-order valence-electron chi connectivity index (χ3n) is 2.86. The predicted octanol–water partition coefficient (Wildman–Crippen LogP) is 2.08. The van der Waals surface area contributed by atoms with Crippen LogP contribution in [0.2, 0.25) is 0 Å². The zero-order valence-corrected chi connectivity index (χ0v) is 10.00. The zero-order chi connectivity index (χ0) is 13.3. The average Bonchev–Trinajstić information content (AvgIpc) is 2.55. The molecule has 1 heterocycles. The number of carbonyl (C=O) groups is 2. The summed E-state index contributed by atoms with van der Waals surface area (Å²) in [5, 5.41) is 0. The third kappa shape index (κ3) is 1.88. The number of rotatable bonds is 3. The van der Waals surface area contributed by atoms with Crippen LogP contribution in [-0.4, -0.2) is 18.2 Å². The van der Waals surface area contributed by atoms with Gasteiger partial charge in [0.2, 0.25) is 0 Å². The van der Waals surface area contributed by atoms with Crippen LogP contribution in [0, 0.1) is 25.1 Å².